The molecule has 3 rings (SSSR count). The highest BCUT2D eigenvalue weighted by Gasteiger charge is 2.26. The normalized spacial score (nSPS) is 15.9. The molecule has 1 aliphatic heterocycles. The van der Waals surface area contributed by atoms with Crippen LogP contribution in [-0.4, -0.2) is 61.7 Å². The minimum atomic E-state index is -3.64. The van der Waals surface area contributed by atoms with Crippen LogP contribution in [0.1, 0.15) is 16.1 Å². The van der Waals surface area contributed by atoms with Crippen molar-refractivity contribution in [2.75, 3.05) is 38.2 Å². The fourth-order valence-electron chi connectivity index (χ4n) is 2.42. The summed E-state index contributed by atoms with van der Waals surface area (Å²) in [5.41, 5.74) is 0.840. The van der Waals surface area contributed by atoms with E-state index in [2.05, 4.69) is 20.3 Å². The third kappa shape index (κ3) is 3.86. The van der Waals surface area contributed by atoms with Crippen LogP contribution in [0.4, 0.5) is 5.82 Å². The summed E-state index contributed by atoms with van der Waals surface area (Å²) in [5, 5.41) is 10.1. The fourth-order valence-corrected chi connectivity index (χ4v) is 3.88. The lowest BCUT2D eigenvalue weighted by molar-refractivity contribution is 0.0730. The number of hydrogen-bond donors (Lipinski definition) is 1. The molecule has 1 saturated heterocycles. The first kappa shape index (κ1) is 17.5. The van der Waals surface area contributed by atoms with Gasteiger partial charge in [0.25, 0.3) is 0 Å². The van der Waals surface area contributed by atoms with Crippen molar-refractivity contribution in [3.63, 3.8) is 0 Å². The maximum Gasteiger partial charge on any atom is 0.243 e. The Morgan fingerprint density at radius 3 is 2.72 bits per heavy atom. The predicted octanol–water partition coefficient (Wildman–Crippen LogP) is 0.694. The van der Waals surface area contributed by atoms with Gasteiger partial charge in [0, 0.05) is 18.7 Å². The number of aryl methyl sites for hydroxylation is 1. The molecule has 1 N–H and O–H groups in total. The van der Waals surface area contributed by atoms with E-state index in [1.807, 2.05) is 0 Å². The SMILES string of the molecule is Cc1nonc1NCC(=O)c1cccc(S(=O)(=O)N2CCOCC2)c1. The lowest BCUT2D eigenvalue weighted by Crippen LogP contribution is -2.40. The zero-order valence-electron chi connectivity index (χ0n) is 13.6. The molecule has 0 amide bonds. The third-order valence-corrected chi connectivity index (χ3v) is 5.73. The molecular formula is C15H18N4O5S. The van der Waals surface area contributed by atoms with Crippen molar-refractivity contribution in [1.82, 2.24) is 14.6 Å². The van der Waals surface area contributed by atoms with Crippen molar-refractivity contribution in [1.29, 1.82) is 0 Å². The van der Waals surface area contributed by atoms with Crippen molar-refractivity contribution in [2.45, 2.75) is 11.8 Å². The first-order chi connectivity index (χ1) is 12.0. The summed E-state index contributed by atoms with van der Waals surface area (Å²) in [6.07, 6.45) is 0. The van der Waals surface area contributed by atoms with Gasteiger partial charge in [0.1, 0.15) is 5.69 Å². The molecule has 10 heteroatoms. The summed E-state index contributed by atoms with van der Waals surface area (Å²) in [6.45, 7) is 3.00. The molecule has 1 aromatic heterocycles. The van der Waals surface area contributed by atoms with Crippen LogP contribution in [0.15, 0.2) is 33.8 Å². The zero-order chi connectivity index (χ0) is 17.9. The Bertz CT molecular complexity index is 858. The Balaban J connectivity index is 1.74. The summed E-state index contributed by atoms with van der Waals surface area (Å²) >= 11 is 0. The van der Waals surface area contributed by atoms with Gasteiger partial charge in [-0.25, -0.2) is 13.0 Å². The molecule has 0 bridgehead atoms. The number of carbonyl (C=O) groups is 1. The number of ketones is 1. The Morgan fingerprint density at radius 1 is 1.28 bits per heavy atom. The summed E-state index contributed by atoms with van der Waals surface area (Å²) < 4.78 is 36.4. The van der Waals surface area contributed by atoms with E-state index in [4.69, 9.17) is 4.74 Å². The summed E-state index contributed by atoms with van der Waals surface area (Å²) in [6, 6.07) is 6.02. The van der Waals surface area contributed by atoms with Crippen LogP contribution in [-0.2, 0) is 14.8 Å². The monoisotopic (exact) mass is 366 g/mol. The first-order valence-corrected chi connectivity index (χ1v) is 9.16. The minimum Gasteiger partial charge on any atom is -0.379 e. The summed E-state index contributed by atoms with van der Waals surface area (Å²) in [5.74, 6) is 0.117. The maximum absolute atomic E-state index is 12.7. The summed E-state index contributed by atoms with van der Waals surface area (Å²) in [4.78, 5) is 12.4. The second-order valence-corrected chi connectivity index (χ2v) is 7.46. The number of nitrogens with one attached hydrogen (secondary N) is 1. The van der Waals surface area contributed by atoms with Gasteiger partial charge in [-0.3, -0.25) is 4.79 Å². The van der Waals surface area contributed by atoms with E-state index >= 15 is 0 Å². The number of anilines is 1. The first-order valence-electron chi connectivity index (χ1n) is 7.72. The number of morpholine rings is 1. The number of sulfonamides is 1. The van der Waals surface area contributed by atoms with Crippen molar-refractivity contribution < 1.29 is 22.6 Å². The molecule has 2 heterocycles. The quantitative estimate of drug-likeness (QED) is 0.743. The van der Waals surface area contributed by atoms with Gasteiger partial charge < -0.3 is 10.1 Å². The Labute approximate surface area is 145 Å². The number of carbonyl (C=O) groups excluding carboxylic acids is 1. The number of nitrogens with zero attached hydrogens (tertiary/aromatic N) is 3. The molecule has 0 spiro atoms. The highest BCUT2D eigenvalue weighted by Crippen LogP contribution is 2.19. The number of benzene rings is 1. The minimum absolute atomic E-state index is 0.0455. The van der Waals surface area contributed by atoms with E-state index in [0.29, 0.717) is 43.4 Å². The number of Topliss-reactive ketones (excluding diaryl/α,β-unsaturated/α-hetero) is 1. The van der Waals surface area contributed by atoms with Gasteiger partial charge in [-0.1, -0.05) is 17.3 Å². The Morgan fingerprint density at radius 2 is 2.04 bits per heavy atom. The average molecular weight is 366 g/mol. The van der Waals surface area contributed by atoms with Gasteiger partial charge in [-0.2, -0.15) is 4.31 Å². The molecule has 1 aromatic carbocycles. The second-order valence-electron chi connectivity index (χ2n) is 5.52. The molecular weight excluding hydrogens is 348 g/mol. The number of aromatic nitrogens is 2. The lowest BCUT2D eigenvalue weighted by atomic mass is 10.1. The van der Waals surface area contributed by atoms with Gasteiger partial charge in [0.15, 0.2) is 11.6 Å². The molecule has 1 aliphatic rings. The molecule has 25 heavy (non-hydrogen) atoms. The molecule has 0 radical (unpaired) electrons. The largest absolute Gasteiger partial charge is 0.379 e. The van der Waals surface area contributed by atoms with Crippen molar-refractivity contribution in [3.8, 4) is 0 Å². The predicted molar refractivity (Wildman–Crippen MR) is 87.9 cm³/mol. The molecule has 134 valence electrons. The highest BCUT2D eigenvalue weighted by atomic mass is 32.2. The van der Waals surface area contributed by atoms with E-state index in [-0.39, 0.29) is 17.2 Å². The Hall–Kier alpha value is -2.30. The number of rotatable bonds is 6. The maximum atomic E-state index is 12.7. The van der Waals surface area contributed by atoms with E-state index in [0.717, 1.165) is 0 Å². The number of hydrogen-bond acceptors (Lipinski definition) is 8. The molecule has 0 aliphatic carbocycles. The fraction of sp³-hybridized carbons (Fsp3) is 0.400. The molecule has 9 nitrogen and oxygen atoms in total. The zero-order valence-corrected chi connectivity index (χ0v) is 14.5. The van der Waals surface area contributed by atoms with E-state index in [1.54, 1.807) is 19.1 Å². The van der Waals surface area contributed by atoms with Crippen LogP contribution in [0.3, 0.4) is 0 Å². The van der Waals surface area contributed by atoms with Gasteiger partial charge >= 0.3 is 0 Å². The van der Waals surface area contributed by atoms with Crippen LogP contribution in [0.2, 0.25) is 0 Å². The van der Waals surface area contributed by atoms with Crippen LogP contribution < -0.4 is 5.32 Å². The van der Waals surface area contributed by atoms with E-state index in [1.165, 1.54) is 16.4 Å². The topological polar surface area (TPSA) is 115 Å². The molecule has 0 unspecified atom stereocenters. The van der Waals surface area contributed by atoms with Crippen LogP contribution in [0.25, 0.3) is 0 Å². The number of ether oxygens (including phenoxy) is 1. The molecule has 0 atom stereocenters. The average Bonchev–Trinajstić information content (AvgIpc) is 3.05. The lowest BCUT2D eigenvalue weighted by Gasteiger charge is -2.26. The van der Waals surface area contributed by atoms with Crippen molar-refractivity contribution in [2.24, 2.45) is 0 Å². The molecule has 0 saturated carbocycles. The molecule has 2 aromatic rings. The smallest absolute Gasteiger partial charge is 0.243 e. The van der Waals surface area contributed by atoms with E-state index < -0.39 is 10.0 Å². The van der Waals surface area contributed by atoms with Gasteiger partial charge in [0.05, 0.1) is 24.7 Å². The van der Waals surface area contributed by atoms with Crippen molar-refractivity contribution >= 4 is 21.6 Å². The second kappa shape index (κ2) is 7.30. The van der Waals surface area contributed by atoms with Crippen LogP contribution in [0.5, 0.6) is 0 Å². The molecule has 1 fully saturated rings. The van der Waals surface area contributed by atoms with Crippen LogP contribution >= 0.6 is 0 Å². The van der Waals surface area contributed by atoms with E-state index in [9.17, 15) is 13.2 Å². The standard InChI is InChI=1S/C15H18N4O5S/c1-11-15(18-24-17-11)16-10-14(20)12-3-2-4-13(9-12)25(21,22)19-5-7-23-8-6-19/h2-4,9H,5-8,10H2,1H3,(H,16,18). The van der Waals surface area contributed by atoms with Gasteiger partial charge in [-0.05, 0) is 24.2 Å². The van der Waals surface area contributed by atoms with Gasteiger partial charge in [-0.15, -0.1) is 0 Å². The van der Waals surface area contributed by atoms with Crippen molar-refractivity contribution in [3.05, 3.63) is 35.5 Å². The van der Waals surface area contributed by atoms with Gasteiger partial charge in [0.2, 0.25) is 10.0 Å². The third-order valence-electron chi connectivity index (χ3n) is 3.83. The van der Waals surface area contributed by atoms with Crippen LogP contribution in [0, 0.1) is 6.92 Å². The highest BCUT2D eigenvalue weighted by molar-refractivity contribution is 7.89. The summed E-state index contributed by atoms with van der Waals surface area (Å²) in [7, 11) is -3.64. The Kier molecular flexibility index (Phi) is 5.11.